The summed E-state index contributed by atoms with van der Waals surface area (Å²) in [6.45, 7) is 5.91. The number of rotatable bonds is 4. The van der Waals surface area contributed by atoms with Gasteiger partial charge in [0.1, 0.15) is 12.4 Å². The lowest BCUT2D eigenvalue weighted by molar-refractivity contribution is 0.359. The molecule has 0 atom stereocenters. The lowest BCUT2D eigenvalue weighted by atomic mass is 10.1. The van der Waals surface area contributed by atoms with Crippen LogP contribution in [0.5, 0.6) is 5.75 Å². The minimum atomic E-state index is -3.67. The summed E-state index contributed by atoms with van der Waals surface area (Å²) in [7, 11) is -3.67. The number of ether oxygens (including phenoxy) is 1. The van der Waals surface area contributed by atoms with E-state index in [0.29, 0.717) is 17.9 Å². The molecule has 0 saturated heterocycles. The summed E-state index contributed by atoms with van der Waals surface area (Å²) >= 11 is 0. The van der Waals surface area contributed by atoms with Crippen molar-refractivity contribution in [3.63, 3.8) is 0 Å². The first kappa shape index (κ1) is 13.7. The second kappa shape index (κ2) is 5.33. The predicted molar refractivity (Wildman–Crippen MR) is 67.6 cm³/mol. The van der Waals surface area contributed by atoms with Gasteiger partial charge in [-0.3, -0.25) is 0 Å². The van der Waals surface area contributed by atoms with E-state index in [1.54, 1.807) is 13.0 Å². The zero-order valence-electron chi connectivity index (χ0n) is 10.2. The molecule has 94 valence electrons. The summed E-state index contributed by atoms with van der Waals surface area (Å²) in [6.07, 6.45) is 3.77. The number of hydrogen-bond acceptors (Lipinski definition) is 3. The van der Waals surface area contributed by atoms with Crippen LogP contribution >= 0.6 is 0 Å². The quantitative estimate of drug-likeness (QED) is 0.835. The summed E-state index contributed by atoms with van der Waals surface area (Å²) in [6, 6.07) is 3.11. The van der Waals surface area contributed by atoms with E-state index < -0.39 is 10.0 Å². The van der Waals surface area contributed by atoms with Crippen LogP contribution in [0.1, 0.15) is 18.1 Å². The van der Waals surface area contributed by atoms with Gasteiger partial charge in [0.25, 0.3) is 0 Å². The van der Waals surface area contributed by atoms with Crippen LogP contribution < -0.4 is 9.88 Å². The highest BCUT2D eigenvalue weighted by Crippen LogP contribution is 2.26. The second-order valence-corrected chi connectivity index (χ2v) is 5.27. The SMILES string of the molecule is C/C=C/COc1ccc(S(N)(=O)=O)c(C)c1C. The lowest BCUT2D eigenvalue weighted by Crippen LogP contribution is -2.14. The normalized spacial score (nSPS) is 12.0. The fourth-order valence-corrected chi connectivity index (χ4v) is 2.31. The fraction of sp³-hybridized carbons (Fsp3) is 0.333. The molecule has 0 radical (unpaired) electrons. The van der Waals surface area contributed by atoms with Gasteiger partial charge in [0.2, 0.25) is 10.0 Å². The van der Waals surface area contributed by atoms with Gasteiger partial charge < -0.3 is 4.74 Å². The molecule has 0 aromatic heterocycles. The molecule has 4 nitrogen and oxygen atoms in total. The van der Waals surface area contributed by atoms with Crippen LogP contribution in [0.15, 0.2) is 29.2 Å². The van der Waals surface area contributed by atoms with Crippen LogP contribution in [-0.4, -0.2) is 15.0 Å². The van der Waals surface area contributed by atoms with E-state index in [9.17, 15) is 8.42 Å². The molecule has 0 aliphatic heterocycles. The molecule has 5 heteroatoms. The molecule has 0 saturated carbocycles. The van der Waals surface area contributed by atoms with E-state index in [4.69, 9.17) is 9.88 Å². The van der Waals surface area contributed by atoms with Crippen molar-refractivity contribution in [2.45, 2.75) is 25.7 Å². The Morgan fingerprint density at radius 1 is 1.29 bits per heavy atom. The van der Waals surface area contributed by atoms with Gasteiger partial charge in [0.15, 0.2) is 0 Å². The van der Waals surface area contributed by atoms with Crippen LogP contribution in [0.3, 0.4) is 0 Å². The number of benzene rings is 1. The number of nitrogens with two attached hydrogens (primary N) is 1. The first-order chi connectivity index (χ1) is 7.88. The molecule has 0 unspecified atom stereocenters. The maximum absolute atomic E-state index is 11.3. The number of primary sulfonamides is 1. The predicted octanol–water partition coefficient (Wildman–Crippen LogP) is 1.91. The van der Waals surface area contributed by atoms with Crippen molar-refractivity contribution in [3.8, 4) is 5.75 Å². The lowest BCUT2D eigenvalue weighted by Gasteiger charge is -2.12. The Kier molecular flexibility index (Phi) is 4.31. The molecule has 1 rings (SSSR count). The first-order valence-electron chi connectivity index (χ1n) is 5.25. The molecule has 0 bridgehead atoms. The summed E-state index contributed by atoms with van der Waals surface area (Å²) in [5, 5.41) is 5.12. The van der Waals surface area contributed by atoms with Gasteiger partial charge in [-0.2, -0.15) is 0 Å². The molecule has 0 aliphatic rings. The topological polar surface area (TPSA) is 69.4 Å². The molecule has 1 aromatic carbocycles. The highest BCUT2D eigenvalue weighted by Gasteiger charge is 2.15. The molecule has 0 amide bonds. The monoisotopic (exact) mass is 255 g/mol. The molecule has 0 spiro atoms. The average molecular weight is 255 g/mol. The molecule has 0 fully saturated rings. The van der Waals surface area contributed by atoms with Crippen molar-refractivity contribution in [1.29, 1.82) is 0 Å². The Labute approximate surface area is 102 Å². The summed E-state index contributed by atoms with van der Waals surface area (Å²) in [5.41, 5.74) is 1.42. The third-order valence-electron chi connectivity index (χ3n) is 2.57. The van der Waals surface area contributed by atoms with Crippen molar-refractivity contribution in [1.82, 2.24) is 0 Å². The molecule has 0 heterocycles. The first-order valence-corrected chi connectivity index (χ1v) is 6.79. The van der Waals surface area contributed by atoms with Gasteiger partial charge in [-0.05, 0) is 44.0 Å². The van der Waals surface area contributed by atoms with Gasteiger partial charge in [0.05, 0.1) is 4.90 Å². The Balaban J connectivity index is 3.11. The van der Waals surface area contributed by atoms with Gasteiger partial charge in [-0.25, -0.2) is 13.6 Å². The minimum Gasteiger partial charge on any atom is -0.489 e. The van der Waals surface area contributed by atoms with E-state index in [-0.39, 0.29) is 4.90 Å². The molecule has 2 N–H and O–H groups in total. The van der Waals surface area contributed by atoms with Gasteiger partial charge in [-0.15, -0.1) is 0 Å². The zero-order valence-corrected chi connectivity index (χ0v) is 11.0. The van der Waals surface area contributed by atoms with Crippen LogP contribution in [0.25, 0.3) is 0 Å². The summed E-state index contributed by atoms with van der Waals surface area (Å²) in [4.78, 5) is 0.147. The largest absolute Gasteiger partial charge is 0.489 e. The van der Waals surface area contributed by atoms with E-state index in [1.807, 2.05) is 26.0 Å². The van der Waals surface area contributed by atoms with Gasteiger partial charge in [0, 0.05) is 0 Å². The summed E-state index contributed by atoms with van der Waals surface area (Å²) < 4.78 is 28.1. The Morgan fingerprint density at radius 2 is 1.94 bits per heavy atom. The van der Waals surface area contributed by atoms with Crippen molar-refractivity contribution in [2.75, 3.05) is 6.61 Å². The molecular formula is C12H17NO3S. The van der Waals surface area contributed by atoms with E-state index >= 15 is 0 Å². The number of hydrogen-bond donors (Lipinski definition) is 1. The Hall–Kier alpha value is -1.33. The molecule has 0 aliphatic carbocycles. The maximum Gasteiger partial charge on any atom is 0.238 e. The third-order valence-corrected chi connectivity index (χ3v) is 3.62. The number of allylic oxidation sites excluding steroid dienone is 1. The minimum absolute atomic E-state index is 0.147. The third kappa shape index (κ3) is 3.31. The van der Waals surface area contributed by atoms with Crippen LogP contribution in [-0.2, 0) is 10.0 Å². The zero-order chi connectivity index (χ0) is 13.1. The smallest absolute Gasteiger partial charge is 0.238 e. The molecule has 1 aromatic rings. The number of sulfonamides is 1. The molecular weight excluding hydrogens is 238 g/mol. The highest BCUT2D eigenvalue weighted by molar-refractivity contribution is 7.89. The van der Waals surface area contributed by atoms with Gasteiger partial charge >= 0.3 is 0 Å². The van der Waals surface area contributed by atoms with E-state index in [0.717, 1.165) is 5.56 Å². The van der Waals surface area contributed by atoms with Crippen LogP contribution in [0.2, 0.25) is 0 Å². The van der Waals surface area contributed by atoms with Crippen LogP contribution in [0, 0.1) is 13.8 Å². The molecule has 17 heavy (non-hydrogen) atoms. The van der Waals surface area contributed by atoms with Gasteiger partial charge in [-0.1, -0.05) is 12.2 Å². The van der Waals surface area contributed by atoms with Crippen molar-refractivity contribution in [3.05, 3.63) is 35.4 Å². The standard InChI is InChI=1S/C12H17NO3S/c1-4-5-8-16-11-6-7-12(17(13,14)15)10(3)9(11)2/h4-7H,8H2,1-3H3,(H2,13,14,15)/b5-4+. The van der Waals surface area contributed by atoms with E-state index in [2.05, 4.69) is 0 Å². The Bertz CT molecular complexity index is 533. The fourth-order valence-electron chi connectivity index (χ4n) is 1.47. The summed E-state index contributed by atoms with van der Waals surface area (Å²) in [5.74, 6) is 0.674. The van der Waals surface area contributed by atoms with Crippen molar-refractivity contribution < 1.29 is 13.2 Å². The average Bonchev–Trinajstić information content (AvgIpc) is 2.23. The van der Waals surface area contributed by atoms with Crippen LogP contribution in [0.4, 0.5) is 0 Å². The van der Waals surface area contributed by atoms with Crippen molar-refractivity contribution in [2.24, 2.45) is 5.14 Å². The second-order valence-electron chi connectivity index (χ2n) is 3.74. The highest BCUT2D eigenvalue weighted by atomic mass is 32.2. The van der Waals surface area contributed by atoms with Crippen molar-refractivity contribution >= 4 is 10.0 Å². The maximum atomic E-state index is 11.3. The Morgan fingerprint density at radius 3 is 2.47 bits per heavy atom. The van der Waals surface area contributed by atoms with E-state index in [1.165, 1.54) is 6.07 Å².